The van der Waals surface area contributed by atoms with Gasteiger partial charge in [0.15, 0.2) is 0 Å². The van der Waals surface area contributed by atoms with Gasteiger partial charge in [0, 0.05) is 29.7 Å². The van der Waals surface area contributed by atoms with Crippen LogP contribution in [0.25, 0.3) is 10.9 Å². The predicted molar refractivity (Wildman–Crippen MR) is 59.0 cm³/mol. The minimum Gasteiger partial charge on any atom is -0.361 e. The zero-order chi connectivity index (χ0) is 9.97. The molecule has 2 rings (SSSR count). The monoisotopic (exact) mass is 189 g/mol. The van der Waals surface area contributed by atoms with Crippen LogP contribution in [0.2, 0.25) is 0 Å². The highest BCUT2D eigenvalue weighted by molar-refractivity contribution is 5.83. The minimum absolute atomic E-state index is 0.0502. The smallest absolute Gasteiger partial charge is 0.0456 e. The van der Waals surface area contributed by atoms with Gasteiger partial charge in [-0.1, -0.05) is 18.2 Å². The Balaban J connectivity index is 2.33. The molecule has 0 aliphatic rings. The first-order valence-electron chi connectivity index (χ1n) is 4.82. The first-order chi connectivity index (χ1) is 6.81. The van der Waals surface area contributed by atoms with E-state index in [1.807, 2.05) is 18.3 Å². The fourth-order valence-electron chi connectivity index (χ4n) is 1.67. The van der Waals surface area contributed by atoms with Gasteiger partial charge in [-0.05, 0) is 18.1 Å². The molecular formula is C11H15N3. The van der Waals surface area contributed by atoms with Gasteiger partial charge in [-0.15, -0.1) is 0 Å². The van der Waals surface area contributed by atoms with Gasteiger partial charge in [0.2, 0.25) is 0 Å². The lowest BCUT2D eigenvalue weighted by molar-refractivity contribution is 0.681. The molecule has 0 amide bonds. The zero-order valence-corrected chi connectivity index (χ0v) is 8.03. The number of hydrogen-bond donors (Lipinski definition) is 3. The predicted octanol–water partition coefficient (Wildman–Crippen LogP) is 0.996. The molecule has 14 heavy (non-hydrogen) atoms. The average molecular weight is 189 g/mol. The van der Waals surface area contributed by atoms with Crippen molar-refractivity contribution >= 4 is 10.9 Å². The van der Waals surface area contributed by atoms with E-state index >= 15 is 0 Å². The second kappa shape index (κ2) is 3.82. The molecule has 0 spiro atoms. The van der Waals surface area contributed by atoms with E-state index in [4.69, 9.17) is 11.5 Å². The highest BCUT2D eigenvalue weighted by Gasteiger charge is 2.06. The van der Waals surface area contributed by atoms with Gasteiger partial charge < -0.3 is 16.5 Å². The summed E-state index contributed by atoms with van der Waals surface area (Å²) in [5, 5.41) is 1.25. The van der Waals surface area contributed by atoms with Gasteiger partial charge in [-0.25, -0.2) is 0 Å². The Kier molecular flexibility index (Phi) is 2.52. The van der Waals surface area contributed by atoms with Crippen molar-refractivity contribution in [3.8, 4) is 0 Å². The number of fused-ring (bicyclic) bond motifs is 1. The van der Waals surface area contributed by atoms with Crippen molar-refractivity contribution in [1.29, 1.82) is 0 Å². The first kappa shape index (κ1) is 9.24. The van der Waals surface area contributed by atoms with Gasteiger partial charge >= 0.3 is 0 Å². The van der Waals surface area contributed by atoms with E-state index in [1.54, 1.807) is 0 Å². The molecule has 0 aliphatic carbocycles. The maximum Gasteiger partial charge on any atom is 0.0456 e. The Hall–Kier alpha value is -1.32. The molecular weight excluding hydrogens is 174 g/mol. The van der Waals surface area contributed by atoms with E-state index in [1.165, 1.54) is 10.9 Å². The molecule has 1 atom stereocenters. The van der Waals surface area contributed by atoms with Crippen molar-refractivity contribution in [2.24, 2.45) is 11.5 Å². The molecule has 1 aromatic carbocycles. The van der Waals surface area contributed by atoms with Crippen molar-refractivity contribution < 1.29 is 0 Å². The van der Waals surface area contributed by atoms with Crippen molar-refractivity contribution in [1.82, 2.24) is 4.98 Å². The summed E-state index contributed by atoms with van der Waals surface area (Å²) in [6.07, 6.45) is 2.85. The SMILES string of the molecule is NC[C@@H](N)Cc1c[nH]c2ccccc12. The lowest BCUT2D eigenvalue weighted by Crippen LogP contribution is -2.31. The van der Waals surface area contributed by atoms with Crippen LogP contribution in [0.15, 0.2) is 30.5 Å². The Labute approximate surface area is 83.1 Å². The fourth-order valence-corrected chi connectivity index (χ4v) is 1.67. The molecule has 1 aromatic heterocycles. The van der Waals surface area contributed by atoms with Gasteiger partial charge in [0.25, 0.3) is 0 Å². The van der Waals surface area contributed by atoms with E-state index in [0.29, 0.717) is 6.54 Å². The third-order valence-electron chi connectivity index (χ3n) is 2.46. The average Bonchev–Trinajstić information content (AvgIpc) is 2.62. The number of rotatable bonds is 3. The molecule has 3 nitrogen and oxygen atoms in total. The number of H-pyrrole nitrogens is 1. The number of benzene rings is 1. The van der Waals surface area contributed by atoms with Crippen LogP contribution < -0.4 is 11.5 Å². The summed E-state index contributed by atoms with van der Waals surface area (Å²) in [4.78, 5) is 3.22. The fraction of sp³-hybridized carbons (Fsp3) is 0.273. The highest BCUT2D eigenvalue weighted by Crippen LogP contribution is 2.18. The van der Waals surface area contributed by atoms with Gasteiger partial charge in [-0.3, -0.25) is 0 Å². The van der Waals surface area contributed by atoms with Crippen LogP contribution in [0.1, 0.15) is 5.56 Å². The zero-order valence-electron chi connectivity index (χ0n) is 8.03. The summed E-state index contributed by atoms with van der Waals surface area (Å²) in [6, 6.07) is 8.27. The Bertz CT molecular complexity index is 419. The Morgan fingerprint density at radius 3 is 2.86 bits per heavy atom. The maximum atomic E-state index is 5.82. The van der Waals surface area contributed by atoms with Gasteiger partial charge in [0.1, 0.15) is 0 Å². The number of aromatic amines is 1. The first-order valence-corrected chi connectivity index (χ1v) is 4.82. The van der Waals surface area contributed by atoms with Crippen molar-refractivity contribution in [2.75, 3.05) is 6.54 Å². The van der Waals surface area contributed by atoms with E-state index in [9.17, 15) is 0 Å². The quantitative estimate of drug-likeness (QED) is 0.674. The minimum atomic E-state index is 0.0502. The molecule has 74 valence electrons. The highest BCUT2D eigenvalue weighted by atomic mass is 14.7. The molecule has 0 bridgehead atoms. The lowest BCUT2D eigenvalue weighted by Gasteiger charge is -2.06. The third-order valence-corrected chi connectivity index (χ3v) is 2.46. The van der Waals surface area contributed by atoms with Crippen molar-refractivity contribution in [3.63, 3.8) is 0 Å². The van der Waals surface area contributed by atoms with Crippen LogP contribution in [-0.4, -0.2) is 17.6 Å². The third kappa shape index (κ3) is 1.64. The Morgan fingerprint density at radius 1 is 1.29 bits per heavy atom. The van der Waals surface area contributed by atoms with Gasteiger partial charge in [-0.2, -0.15) is 0 Å². The lowest BCUT2D eigenvalue weighted by atomic mass is 10.1. The maximum absolute atomic E-state index is 5.82. The molecule has 0 saturated heterocycles. The molecule has 0 radical (unpaired) electrons. The van der Waals surface area contributed by atoms with E-state index in [0.717, 1.165) is 11.9 Å². The summed E-state index contributed by atoms with van der Waals surface area (Å²) in [5.41, 5.74) is 13.7. The standard InChI is InChI=1S/C11H15N3/c12-6-9(13)5-8-7-14-11-4-2-1-3-10(8)11/h1-4,7,9,14H,5-6,12-13H2/t9-/m0/s1. The second-order valence-electron chi connectivity index (χ2n) is 3.56. The summed E-state index contributed by atoms with van der Waals surface area (Å²) in [5.74, 6) is 0. The summed E-state index contributed by atoms with van der Waals surface area (Å²) < 4.78 is 0. The summed E-state index contributed by atoms with van der Waals surface area (Å²) in [6.45, 7) is 0.527. The van der Waals surface area contributed by atoms with Crippen LogP contribution >= 0.6 is 0 Å². The molecule has 0 unspecified atom stereocenters. The number of para-hydroxylation sites is 1. The van der Waals surface area contributed by atoms with Crippen molar-refractivity contribution in [2.45, 2.75) is 12.5 Å². The molecule has 0 fully saturated rings. The number of hydrogen-bond acceptors (Lipinski definition) is 2. The van der Waals surface area contributed by atoms with Crippen molar-refractivity contribution in [3.05, 3.63) is 36.0 Å². The molecule has 1 heterocycles. The van der Waals surface area contributed by atoms with Crippen LogP contribution in [0.4, 0.5) is 0 Å². The van der Waals surface area contributed by atoms with E-state index in [-0.39, 0.29) is 6.04 Å². The van der Waals surface area contributed by atoms with Crippen LogP contribution in [0.5, 0.6) is 0 Å². The molecule has 5 N–H and O–H groups in total. The largest absolute Gasteiger partial charge is 0.361 e. The summed E-state index contributed by atoms with van der Waals surface area (Å²) >= 11 is 0. The topological polar surface area (TPSA) is 67.8 Å². The van der Waals surface area contributed by atoms with E-state index in [2.05, 4.69) is 17.1 Å². The van der Waals surface area contributed by atoms with Crippen LogP contribution in [0.3, 0.4) is 0 Å². The number of nitrogens with one attached hydrogen (secondary N) is 1. The Morgan fingerprint density at radius 2 is 2.07 bits per heavy atom. The summed E-state index contributed by atoms with van der Waals surface area (Å²) in [7, 11) is 0. The van der Waals surface area contributed by atoms with E-state index < -0.39 is 0 Å². The van der Waals surface area contributed by atoms with Crippen LogP contribution in [-0.2, 0) is 6.42 Å². The normalized spacial score (nSPS) is 13.3. The molecule has 2 aromatic rings. The molecule has 3 heteroatoms. The number of nitrogens with two attached hydrogens (primary N) is 2. The second-order valence-corrected chi connectivity index (χ2v) is 3.56. The molecule has 0 aliphatic heterocycles. The van der Waals surface area contributed by atoms with Crippen LogP contribution in [0, 0.1) is 0 Å². The number of aromatic nitrogens is 1. The van der Waals surface area contributed by atoms with Gasteiger partial charge in [0.05, 0.1) is 0 Å². The molecule has 0 saturated carbocycles.